The van der Waals surface area contributed by atoms with Crippen LogP contribution in [0.4, 0.5) is 14.5 Å². The number of isocyanates is 1. The van der Waals surface area contributed by atoms with Gasteiger partial charge in [-0.25, -0.2) is 13.6 Å². The summed E-state index contributed by atoms with van der Waals surface area (Å²) in [5.74, 6) is -2.25. The summed E-state index contributed by atoms with van der Waals surface area (Å²) < 4.78 is 25.2. The highest BCUT2D eigenvalue weighted by atomic mass is 79.9. The summed E-state index contributed by atoms with van der Waals surface area (Å²) >= 11 is 8.19. The Morgan fingerprint density at radius 3 is 2.69 bits per heavy atom. The van der Waals surface area contributed by atoms with Gasteiger partial charge in [-0.05, 0) is 22.0 Å². The summed E-state index contributed by atoms with van der Waals surface area (Å²) in [6.45, 7) is 0. The summed E-state index contributed by atoms with van der Waals surface area (Å²) in [6.07, 6.45) is 1.18. The number of benzene rings is 1. The molecule has 1 aromatic carbocycles. The number of hydrogen-bond acceptors (Lipinski definition) is 2. The maximum absolute atomic E-state index is 12.8. The third-order valence-corrected chi connectivity index (χ3v) is 2.26. The normalized spacial score (nSPS) is 9.54. The molecule has 0 amide bonds. The van der Waals surface area contributed by atoms with Crippen LogP contribution >= 0.6 is 27.5 Å². The third kappa shape index (κ3) is 1.94. The summed E-state index contributed by atoms with van der Waals surface area (Å²) in [6, 6.07) is 0.734. The molecule has 1 rings (SSSR count). The fourth-order valence-electron chi connectivity index (χ4n) is 0.705. The van der Waals surface area contributed by atoms with Gasteiger partial charge in [-0.2, -0.15) is 4.99 Å². The molecule has 2 nitrogen and oxygen atoms in total. The van der Waals surface area contributed by atoms with E-state index in [1.807, 2.05) is 0 Å². The Morgan fingerprint density at radius 2 is 2.15 bits per heavy atom. The lowest BCUT2D eigenvalue weighted by atomic mass is 10.3. The molecule has 0 aliphatic rings. The topological polar surface area (TPSA) is 29.4 Å². The fraction of sp³-hybridized carbons (Fsp3) is 0. The van der Waals surface area contributed by atoms with Crippen molar-refractivity contribution in [3.63, 3.8) is 0 Å². The van der Waals surface area contributed by atoms with Gasteiger partial charge >= 0.3 is 0 Å². The van der Waals surface area contributed by atoms with E-state index in [-0.39, 0.29) is 15.2 Å². The quantitative estimate of drug-likeness (QED) is 0.332. The predicted octanol–water partition coefficient (Wildman–Crippen LogP) is 3.35. The maximum Gasteiger partial charge on any atom is 0.240 e. The Morgan fingerprint density at radius 1 is 1.54 bits per heavy atom. The standard InChI is InChI=1S/C7HBrClF2NO/c8-5-6(11)4(10)1-3(9)7(5)12-2-13/h1H. The van der Waals surface area contributed by atoms with Crippen LogP contribution in [0.15, 0.2) is 15.5 Å². The molecule has 0 saturated heterocycles. The number of nitrogens with zero attached hydrogens (tertiary/aromatic N) is 1. The van der Waals surface area contributed by atoms with Crippen molar-refractivity contribution in [2.45, 2.75) is 0 Å². The number of halogens is 4. The lowest BCUT2D eigenvalue weighted by Crippen LogP contribution is -1.86. The van der Waals surface area contributed by atoms with Crippen molar-refractivity contribution < 1.29 is 13.6 Å². The van der Waals surface area contributed by atoms with Crippen LogP contribution < -0.4 is 0 Å². The molecular weight excluding hydrogens is 267 g/mol. The van der Waals surface area contributed by atoms with Crippen LogP contribution in [-0.4, -0.2) is 6.08 Å². The van der Waals surface area contributed by atoms with Crippen LogP contribution in [0.1, 0.15) is 0 Å². The van der Waals surface area contributed by atoms with Gasteiger partial charge in [-0.1, -0.05) is 11.6 Å². The Balaban J connectivity index is 3.52. The summed E-state index contributed by atoms with van der Waals surface area (Å²) in [4.78, 5) is 13.0. The molecule has 0 aliphatic heterocycles. The highest BCUT2D eigenvalue weighted by Gasteiger charge is 2.14. The van der Waals surface area contributed by atoms with Crippen LogP contribution in [0, 0.1) is 11.6 Å². The van der Waals surface area contributed by atoms with E-state index >= 15 is 0 Å². The summed E-state index contributed by atoms with van der Waals surface area (Å²) in [5.41, 5.74) is -0.171. The van der Waals surface area contributed by atoms with Crippen molar-refractivity contribution in [1.29, 1.82) is 0 Å². The summed E-state index contributed by atoms with van der Waals surface area (Å²) in [5, 5.41) is -0.158. The van der Waals surface area contributed by atoms with E-state index in [4.69, 9.17) is 11.6 Å². The van der Waals surface area contributed by atoms with Gasteiger partial charge in [0, 0.05) is 0 Å². The number of carbonyl (C=O) groups excluding carboxylic acids is 1. The monoisotopic (exact) mass is 267 g/mol. The van der Waals surface area contributed by atoms with Crippen LogP contribution in [0.3, 0.4) is 0 Å². The molecule has 0 N–H and O–H groups in total. The minimum atomic E-state index is -1.14. The number of rotatable bonds is 1. The molecular formula is C7HBrClF2NO. The first-order valence-corrected chi connectivity index (χ1v) is 4.16. The van der Waals surface area contributed by atoms with Gasteiger partial charge in [0.05, 0.1) is 9.50 Å². The van der Waals surface area contributed by atoms with Crippen molar-refractivity contribution in [2.75, 3.05) is 0 Å². The van der Waals surface area contributed by atoms with E-state index in [0.717, 1.165) is 6.07 Å². The minimum Gasteiger partial charge on any atom is -0.211 e. The Hall–Kier alpha value is -0.770. The Kier molecular flexibility index (Phi) is 3.14. The van der Waals surface area contributed by atoms with Crippen LogP contribution in [0.2, 0.25) is 5.02 Å². The minimum absolute atomic E-state index is 0.158. The van der Waals surface area contributed by atoms with E-state index in [1.165, 1.54) is 6.08 Å². The van der Waals surface area contributed by atoms with Gasteiger partial charge in [-0.3, -0.25) is 0 Å². The number of hydrogen-bond donors (Lipinski definition) is 0. The lowest BCUT2D eigenvalue weighted by molar-refractivity contribution is 0.504. The average Bonchev–Trinajstić information content (AvgIpc) is 2.09. The molecule has 0 spiro atoms. The first-order chi connectivity index (χ1) is 6.07. The molecule has 0 saturated carbocycles. The molecule has 13 heavy (non-hydrogen) atoms. The second-order valence-corrected chi connectivity index (χ2v) is 3.22. The van der Waals surface area contributed by atoms with Gasteiger partial charge in [0.15, 0.2) is 11.6 Å². The van der Waals surface area contributed by atoms with E-state index in [0.29, 0.717) is 0 Å². The second kappa shape index (κ2) is 3.96. The van der Waals surface area contributed by atoms with E-state index in [9.17, 15) is 13.6 Å². The molecule has 1 aromatic rings. The second-order valence-electron chi connectivity index (χ2n) is 2.02. The molecule has 0 aromatic heterocycles. The zero-order chi connectivity index (χ0) is 10.0. The van der Waals surface area contributed by atoms with Gasteiger partial charge in [0.1, 0.15) is 5.69 Å². The molecule has 0 unspecified atom stereocenters. The molecule has 0 bridgehead atoms. The van der Waals surface area contributed by atoms with Gasteiger partial charge in [-0.15, -0.1) is 0 Å². The van der Waals surface area contributed by atoms with Crippen molar-refractivity contribution in [3.8, 4) is 0 Å². The zero-order valence-electron chi connectivity index (χ0n) is 5.94. The molecule has 68 valence electrons. The largest absolute Gasteiger partial charge is 0.240 e. The molecule has 0 aliphatic carbocycles. The molecule has 0 atom stereocenters. The highest BCUT2D eigenvalue weighted by molar-refractivity contribution is 9.10. The first-order valence-electron chi connectivity index (χ1n) is 2.98. The van der Waals surface area contributed by atoms with Gasteiger partial charge < -0.3 is 0 Å². The molecule has 0 radical (unpaired) electrons. The zero-order valence-corrected chi connectivity index (χ0v) is 8.29. The Labute approximate surface area is 85.4 Å². The van der Waals surface area contributed by atoms with E-state index in [2.05, 4.69) is 20.9 Å². The van der Waals surface area contributed by atoms with Crippen molar-refractivity contribution in [1.82, 2.24) is 0 Å². The highest BCUT2D eigenvalue weighted by Crippen LogP contribution is 2.36. The number of aliphatic imine (C=N–C) groups is 1. The fourth-order valence-corrected chi connectivity index (χ4v) is 1.54. The smallest absolute Gasteiger partial charge is 0.211 e. The van der Waals surface area contributed by atoms with Crippen LogP contribution in [-0.2, 0) is 4.79 Å². The van der Waals surface area contributed by atoms with Crippen LogP contribution in [0.25, 0.3) is 0 Å². The maximum atomic E-state index is 12.8. The SMILES string of the molecule is O=C=Nc1c(Cl)cc(F)c(F)c1Br. The first kappa shape index (κ1) is 10.3. The average molecular weight is 268 g/mol. The van der Waals surface area contributed by atoms with E-state index < -0.39 is 11.6 Å². The van der Waals surface area contributed by atoms with Crippen molar-refractivity contribution in [2.24, 2.45) is 4.99 Å². The Bertz CT molecular complexity index is 404. The summed E-state index contributed by atoms with van der Waals surface area (Å²) in [7, 11) is 0. The molecule has 0 heterocycles. The van der Waals surface area contributed by atoms with Crippen LogP contribution in [0.5, 0.6) is 0 Å². The third-order valence-electron chi connectivity index (χ3n) is 1.25. The van der Waals surface area contributed by atoms with E-state index in [1.54, 1.807) is 0 Å². The lowest BCUT2D eigenvalue weighted by Gasteiger charge is -2.01. The van der Waals surface area contributed by atoms with Crippen molar-refractivity contribution >= 4 is 39.3 Å². The van der Waals surface area contributed by atoms with Gasteiger partial charge in [0.25, 0.3) is 0 Å². The predicted molar refractivity (Wildman–Crippen MR) is 46.8 cm³/mol. The van der Waals surface area contributed by atoms with Crippen molar-refractivity contribution in [3.05, 3.63) is 27.2 Å². The molecule has 0 fully saturated rings. The molecule has 6 heteroatoms. The van der Waals surface area contributed by atoms with Gasteiger partial charge in [0.2, 0.25) is 6.08 Å².